The summed E-state index contributed by atoms with van der Waals surface area (Å²) in [5.41, 5.74) is 0.660. The van der Waals surface area contributed by atoms with Gasteiger partial charge in [-0.3, -0.25) is 4.79 Å². The van der Waals surface area contributed by atoms with Crippen molar-refractivity contribution in [2.45, 2.75) is 0 Å². The lowest BCUT2D eigenvalue weighted by atomic mass is 10.1. The number of fused-ring (bicyclic) bond motifs is 1. The first-order chi connectivity index (χ1) is 7.26. The molecule has 0 amide bonds. The van der Waals surface area contributed by atoms with Gasteiger partial charge in [-0.25, -0.2) is 0 Å². The van der Waals surface area contributed by atoms with Gasteiger partial charge in [-0.2, -0.15) is 0 Å². The van der Waals surface area contributed by atoms with Crippen molar-refractivity contribution in [2.24, 2.45) is 0 Å². The third kappa shape index (κ3) is 1.75. The second-order valence-electron chi connectivity index (χ2n) is 3.17. The van der Waals surface area contributed by atoms with Crippen LogP contribution in [0.25, 0.3) is 10.8 Å². The van der Waals surface area contributed by atoms with E-state index in [1.807, 2.05) is 24.3 Å². The molecule has 0 unspecified atom stereocenters. The molecule has 0 aromatic heterocycles. The molecular weight excluding hydrogens is 256 g/mol. The predicted molar refractivity (Wildman–Crippen MR) is 63.6 cm³/mol. The van der Waals surface area contributed by atoms with Crippen molar-refractivity contribution in [3.05, 3.63) is 40.4 Å². The summed E-state index contributed by atoms with van der Waals surface area (Å²) in [5, 5.41) is 2.06. The first-order valence-corrected chi connectivity index (χ1v) is 5.27. The molecule has 0 aliphatic rings. The summed E-state index contributed by atoms with van der Waals surface area (Å²) >= 11 is 3.42. The van der Waals surface area contributed by atoms with Gasteiger partial charge in [-0.05, 0) is 51.0 Å². The minimum Gasteiger partial charge on any atom is -0.497 e. The number of methoxy groups -OCH3 is 1. The fourth-order valence-corrected chi connectivity index (χ4v) is 2.09. The van der Waals surface area contributed by atoms with Crippen LogP contribution >= 0.6 is 15.9 Å². The maximum Gasteiger partial charge on any atom is 0.151 e. The number of hydrogen-bond acceptors (Lipinski definition) is 2. The van der Waals surface area contributed by atoms with E-state index >= 15 is 0 Å². The Morgan fingerprint density at radius 2 is 2.07 bits per heavy atom. The molecule has 2 rings (SSSR count). The standard InChI is InChI=1S/C12H9BrO2/c1-15-10-4-5-11-8(6-10)2-3-9(7-14)12(11)13/h2-7H,1H3. The zero-order valence-corrected chi connectivity index (χ0v) is 9.74. The molecule has 3 heteroatoms. The molecule has 0 fully saturated rings. The Kier molecular flexibility index (Phi) is 2.73. The minimum atomic E-state index is 0.660. The molecule has 0 spiro atoms. The highest BCUT2D eigenvalue weighted by molar-refractivity contribution is 9.10. The Morgan fingerprint density at radius 3 is 2.73 bits per heavy atom. The van der Waals surface area contributed by atoms with Crippen LogP contribution in [0.1, 0.15) is 10.4 Å². The van der Waals surface area contributed by atoms with Crippen molar-refractivity contribution in [3.8, 4) is 5.75 Å². The molecule has 0 N–H and O–H groups in total. The molecule has 0 heterocycles. The van der Waals surface area contributed by atoms with Crippen molar-refractivity contribution in [3.63, 3.8) is 0 Å². The van der Waals surface area contributed by atoms with E-state index in [0.29, 0.717) is 5.56 Å². The zero-order chi connectivity index (χ0) is 10.8. The number of halogens is 1. The Hall–Kier alpha value is -1.35. The molecule has 2 aromatic rings. The Balaban J connectivity index is 2.73. The number of benzene rings is 2. The van der Waals surface area contributed by atoms with Crippen LogP contribution in [-0.4, -0.2) is 13.4 Å². The van der Waals surface area contributed by atoms with Gasteiger partial charge in [0.1, 0.15) is 5.75 Å². The van der Waals surface area contributed by atoms with Crippen molar-refractivity contribution in [2.75, 3.05) is 7.11 Å². The lowest BCUT2D eigenvalue weighted by Gasteiger charge is -2.05. The number of carbonyl (C=O) groups is 1. The third-order valence-corrected chi connectivity index (χ3v) is 3.20. The van der Waals surface area contributed by atoms with Crippen molar-refractivity contribution in [1.29, 1.82) is 0 Å². The van der Waals surface area contributed by atoms with Crippen LogP contribution in [0.15, 0.2) is 34.8 Å². The van der Waals surface area contributed by atoms with E-state index in [1.54, 1.807) is 13.2 Å². The Morgan fingerprint density at radius 1 is 1.27 bits per heavy atom. The first-order valence-electron chi connectivity index (χ1n) is 4.47. The van der Waals surface area contributed by atoms with Gasteiger partial charge in [0.05, 0.1) is 7.11 Å². The normalized spacial score (nSPS) is 10.3. The van der Waals surface area contributed by atoms with Gasteiger partial charge in [0, 0.05) is 10.0 Å². The number of hydrogen-bond donors (Lipinski definition) is 0. The summed E-state index contributed by atoms with van der Waals surface area (Å²) in [7, 11) is 1.63. The fourth-order valence-electron chi connectivity index (χ4n) is 1.50. The average Bonchev–Trinajstić information content (AvgIpc) is 2.29. The maximum absolute atomic E-state index is 10.7. The minimum absolute atomic E-state index is 0.660. The highest BCUT2D eigenvalue weighted by atomic mass is 79.9. The van der Waals surface area contributed by atoms with Crippen LogP contribution in [0, 0.1) is 0 Å². The second-order valence-corrected chi connectivity index (χ2v) is 3.97. The molecule has 2 aromatic carbocycles. The maximum atomic E-state index is 10.7. The van der Waals surface area contributed by atoms with Crippen LogP contribution in [0.5, 0.6) is 5.75 Å². The monoisotopic (exact) mass is 264 g/mol. The zero-order valence-electron chi connectivity index (χ0n) is 8.16. The summed E-state index contributed by atoms with van der Waals surface area (Å²) in [4.78, 5) is 10.7. The van der Waals surface area contributed by atoms with Crippen molar-refractivity contribution in [1.82, 2.24) is 0 Å². The van der Waals surface area contributed by atoms with E-state index in [9.17, 15) is 4.79 Å². The summed E-state index contributed by atoms with van der Waals surface area (Å²) in [6.45, 7) is 0. The molecule has 2 nitrogen and oxygen atoms in total. The van der Waals surface area contributed by atoms with Gasteiger partial charge in [0.2, 0.25) is 0 Å². The molecule has 0 saturated heterocycles. The number of ether oxygens (including phenoxy) is 1. The SMILES string of the molecule is COc1ccc2c(Br)c(C=O)ccc2c1. The number of aldehydes is 1. The second kappa shape index (κ2) is 4.03. The number of carbonyl (C=O) groups excluding carboxylic acids is 1. The molecule has 0 bridgehead atoms. The van der Waals surface area contributed by atoms with Crippen LogP contribution < -0.4 is 4.74 Å². The predicted octanol–water partition coefficient (Wildman–Crippen LogP) is 3.42. The lowest BCUT2D eigenvalue weighted by molar-refractivity contribution is 0.112. The molecular formula is C12H9BrO2. The molecule has 0 radical (unpaired) electrons. The Bertz CT molecular complexity index is 520. The topological polar surface area (TPSA) is 26.3 Å². The fraction of sp³-hybridized carbons (Fsp3) is 0.0833. The smallest absolute Gasteiger partial charge is 0.151 e. The summed E-state index contributed by atoms with van der Waals surface area (Å²) in [6.07, 6.45) is 0.841. The summed E-state index contributed by atoms with van der Waals surface area (Å²) < 4.78 is 5.97. The summed E-state index contributed by atoms with van der Waals surface area (Å²) in [6, 6.07) is 9.45. The summed E-state index contributed by atoms with van der Waals surface area (Å²) in [5.74, 6) is 0.813. The molecule has 0 saturated carbocycles. The van der Waals surface area contributed by atoms with Gasteiger partial charge in [0.15, 0.2) is 6.29 Å². The van der Waals surface area contributed by atoms with Crippen LogP contribution in [0.2, 0.25) is 0 Å². The van der Waals surface area contributed by atoms with E-state index in [-0.39, 0.29) is 0 Å². The van der Waals surface area contributed by atoms with Gasteiger partial charge in [0.25, 0.3) is 0 Å². The van der Waals surface area contributed by atoms with Crippen molar-refractivity contribution < 1.29 is 9.53 Å². The van der Waals surface area contributed by atoms with Crippen molar-refractivity contribution >= 4 is 33.0 Å². The molecule has 0 aliphatic carbocycles. The molecule has 0 aliphatic heterocycles. The van der Waals surface area contributed by atoms with Crippen LogP contribution in [0.3, 0.4) is 0 Å². The van der Waals surface area contributed by atoms with E-state index in [1.165, 1.54) is 0 Å². The van der Waals surface area contributed by atoms with Gasteiger partial charge in [-0.1, -0.05) is 6.07 Å². The molecule has 0 atom stereocenters. The van der Waals surface area contributed by atoms with E-state index in [0.717, 1.165) is 27.3 Å². The first kappa shape index (κ1) is 10.2. The average molecular weight is 265 g/mol. The largest absolute Gasteiger partial charge is 0.497 e. The van der Waals surface area contributed by atoms with E-state index < -0.39 is 0 Å². The van der Waals surface area contributed by atoms with Crippen LogP contribution in [-0.2, 0) is 0 Å². The van der Waals surface area contributed by atoms with E-state index in [4.69, 9.17) is 4.74 Å². The number of rotatable bonds is 2. The van der Waals surface area contributed by atoms with Gasteiger partial charge in [-0.15, -0.1) is 0 Å². The van der Waals surface area contributed by atoms with Gasteiger partial charge < -0.3 is 4.74 Å². The third-order valence-electron chi connectivity index (χ3n) is 2.32. The Labute approximate surface area is 96.0 Å². The van der Waals surface area contributed by atoms with E-state index in [2.05, 4.69) is 15.9 Å². The quantitative estimate of drug-likeness (QED) is 0.777. The molecule has 15 heavy (non-hydrogen) atoms. The lowest BCUT2D eigenvalue weighted by Crippen LogP contribution is -1.86. The van der Waals surface area contributed by atoms with Gasteiger partial charge >= 0.3 is 0 Å². The molecule has 76 valence electrons. The van der Waals surface area contributed by atoms with Crippen LogP contribution in [0.4, 0.5) is 0 Å². The highest BCUT2D eigenvalue weighted by Gasteiger charge is 2.04. The highest BCUT2D eigenvalue weighted by Crippen LogP contribution is 2.29.